The zero-order valence-corrected chi connectivity index (χ0v) is 11.4. The topological polar surface area (TPSA) is 83.6 Å². The molecular formula is C12H19F3N2O3. The molecule has 0 bridgehead atoms. The first-order valence-electron chi connectivity index (χ1n) is 6.36. The van der Waals surface area contributed by atoms with Crippen LogP contribution in [0, 0.1) is 17.3 Å². The minimum Gasteiger partial charge on any atom is -0.481 e. The van der Waals surface area contributed by atoms with E-state index in [1.165, 1.54) is 0 Å². The monoisotopic (exact) mass is 296 g/mol. The van der Waals surface area contributed by atoms with Crippen molar-refractivity contribution in [2.45, 2.75) is 26.4 Å². The molecule has 0 aromatic rings. The number of carboxylic acids is 1. The molecule has 1 heterocycles. The molecule has 1 saturated heterocycles. The van der Waals surface area contributed by atoms with E-state index in [9.17, 15) is 22.8 Å². The van der Waals surface area contributed by atoms with Crippen molar-refractivity contribution >= 4 is 11.9 Å². The highest BCUT2D eigenvalue weighted by atomic mass is 19.4. The van der Waals surface area contributed by atoms with E-state index in [4.69, 9.17) is 10.8 Å². The van der Waals surface area contributed by atoms with Gasteiger partial charge >= 0.3 is 12.1 Å². The Morgan fingerprint density at radius 3 is 2.25 bits per heavy atom. The Kier molecular flexibility index (Phi) is 4.68. The van der Waals surface area contributed by atoms with Gasteiger partial charge in [-0.05, 0) is 12.3 Å². The Balaban J connectivity index is 2.95. The first-order valence-corrected chi connectivity index (χ1v) is 6.36. The number of hydrogen-bond donors (Lipinski definition) is 2. The number of aliphatic carboxylic acids is 1. The van der Waals surface area contributed by atoms with Gasteiger partial charge in [0.25, 0.3) is 0 Å². The third kappa shape index (κ3) is 2.74. The number of likely N-dealkylation sites (tertiary alicyclic amines) is 1. The van der Waals surface area contributed by atoms with Crippen molar-refractivity contribution in [3.63, 3.8) is 0 Å². The standard InChI is InChI=1S/C12H19F3N2O3/c1-7(2)8(5-16)9(18)17-4-3-11(6-17,10(19)20)12(13,14)15/h7-8H,3-6,16H2,1-2H3,(H,19,20). The molecule has 0 spiro atoms. The molecule has 1 aliphatic heterocycles. The molecule has 20 heavy (non-hydrogen) atoms. The molecule has 1 rings (SSSR count). The van der Waals surface area contributed by atoms with Gasteiger partial charge in [-0.2, -0.15) is 13.2 Å². The van der Waals surface area contributed by atoms with Gasteiger partial charge in [0.15, 0.2) is 5.41 Å². The van der Waals surface area contributed by atoms with Crippen LogP contribution in [-0.2, 0) is 9.59 Å². The lowest BCUT2D eigenvalue weighted by Crippen LogP contribution is -2.49. The fourth-order valence-electron chi connectivity index (χ4n) is 2.42. The molecule has 0 saturated carbocycles. The third-order valence-corrected chi connectivity index (χ3v) is 3.91. The number of carbonyl (C=O) groups is 2. The fraction of sp³-hybridized carbons (Fsp3) is 0.833. The normalized spacial score (nSPS) is 25.1. The lowest BCUT2D eigenvalue weighted by atomic mass is 9.86. The molecule has 5 nitrogen and oxygen atoms in total. The van der Waals surface area contributed by atoms with Gasteiger partial charge < -0.3 is 15.7 Å². The van der Waals surface area contributed by atoms with E-state index in [0.717, 1.165) is 4.90 Å². The molecule has 2 atom stereocenters. The lowest BCUT2D eigenvalue weighted by molar-refractivity contribution is -0.227. The summed E-state index contributed by atoms with van der Waals surface area (Å²) in [6.45, 7) is 2.47. The van der Waals surface area contributed by atoms with E-state index in [1.54, 1.807) is 13.8 Å². The number of carboxylic acid groups (broad SMARTS) is 1. The van der Waals surface area contributed by atoms with Crippen molar-refractivity contribution in [2.75, 3.05) is 19.6 Å². The van der Waals surface area contributed by atoms with Gasteiger partial charge in [0.05, 0.1) is 5.92 Å². The van der Waals surface area contributed by atoms with Crippen LogP contribution < -0.4 is 5.73 Å². The van der Waals surface area contributed by atoms with Gasteiger partial charge in [0.1, 0.15) is 0 Å². The summed E-state index contributed by atoms with van der Waals surface area (Å²) in [5.74, 6) is -3.14. The van der Waals surface area contributed by atoms with Crippen LogP contribution in [0.1, 0.15) is 20.3 Å². The highest BCUT2D eigenvalue weighted by molar-refractivity contribution is 5.83. The van der Waals surface area contributed by atoms with E-state index in [-0.39, 0.29) is 19.0 Å². The van der Waals surface area contributed by atoms with Crippen molar-refractivity contribution in [1.82, 2.24) is 4.90 Å². The van der Waals surface area contributed by atoms with Gasteiger partial charge in [-0.15, -0.1) is 0 Å². The highest BCUT2D eigenvalue weighted by Gasteiger charge is 2.64. The van der Waals surface area contributed by atoms with Crippen LogP contribution in [-0.4, -0.2) is 47.7 Å². The minimum absolute atomic E-state index is 0.0269. The highest BCUT2D eigenvalue weighted by Crippen LogP contribution is 2.46. The van der Waals surface area contributed by atoms with Crippen molar-refractivity contribution in [1.29, 1.82) is 0 Å². The second kappa shape index (κ2) is 5.59. The van der Waals surface area contributed by atoms with E-state index in [2.05, 4.69) is 0 Å². The maximum atomic E-state index is 13.0. The number of nitrogens with two attached hydrogens (primary N) is 1. The number of carbonyl (C=O) groups excluding carboxylic acids is 1. The average molecular weight is 296 g/mol. The second-order valence-corrected chi connectivity index (χ2v) is 5.48. The lowest BCUT2D eigenvalue weighted by Gasteiger charge is -2.29. The van der Waals surface area contributed by atoms with Gasteiger partial charge in [-0.1, -0.05) is 13.8 Å². The predicted molar refractivity (Wildman–Crippen MR) is 64.7 cm³/mol. The van der Waals surface area contributed by atoms with Crippen LogP contribution in [0.3, 0.4) is 0 Å². The summed E-state index contributed by atoms with van der Waals surface area (Å²) in [6, 6.07) is 0. The van der Waals surface area contributed by atoms with Crippen molar-refractivity contribution < 1.29 is 27.9 Å². The maximum absolute atomic E-state index is 13.0. The maximum Gasteiger partial charge on any atom is 0.406 e. The number of alkyl halides is 3. The van der Waals surface area contributed by atoms with Crippen molar-refractivity contribution in [3.05, 3.63) is 0 Å². The summed E-state index contributed by atoms with van der Waals surface area (Å²) >= 11 is 0. The molecule has 0 aromatic carbocycles. The molecule has 0 aliphatic carbocycles. The molecule has 8 heteroatoms. The third-order valence-electron chi connectivity index (χ3n) is 3.91. The van der Waals surface area contributed by atoms with Crippen molar-refractivity contribution in [2.24, 2.45) is 23.0 Å². The first kappa shape index (κ1) is 16.7. The van der Waals surface area contributed by atoms with E-state index in [0.29, 0.717) is 0 Å². The molecule has 0 radical (unpaired) electrons. The van der Waals surface area contributed by atoms with E-state index < -0.39 is 42.4 Å². The smallest absolute Gasteiger partial charge is 0.406 e. The number of rotatable bonds is 4. The van der Waals surface area contributed by atoms with Crippen LogP contribution in [0.2, 0.25) is 0 Å². The van der Waals surface area contributed by atoms with Crippen LogP contribution >= 0.6 is 0 Å². The first-order chi connectivity index (χ1) is 9.06. The van der Waals surface area contributed by atoms with Crippen LogP contribution in [0.5, 0.6) is 0 Å². The Morgan fingerprint density at radius 2 is 1.95 bits per heavy atom. The fourth-order valence-corrected chi connectivity index (χ4v) is 2.42. The summed E-state index contributed by atoms with van der Waals surface area (Å²) in [4.78, 5) is 24.1. The molecular weight excluding hydrogens is 277 g/mol. The molecule has 2 unspecified atom stereocenters. The molecule has 0 aromatic heterocycles. The summed E-state index contributed by atoms with van der Waals surface area (Å²) in [7, 11) is 0. The SMILES string of the molecule is CC(C)C(CN)C(=O)N1CCC(C(=O)O)(C(F)(F)F)C1. The van der Waals surface area contributed by atoms with E-state index >= 15 is 0 Å². The van der Waals surface area contributed by atoms with Gasteiger partial charge in [-0.3, -0.25) is 9.59 Å². The number of amides is 1. The zero-order chi connectivity index (χ0) is 15.7. The van der Waals surface area contributed by atoms with Crippen LogP contribution in [0.4, 0.5) is 13.2 Å². The molecule has 1 aliphatic rings. The van der Waals surface area contributed by atoms with Gasteiger partial charge in [-0.25, -0.2) is 0 Å². The summed E-state index contributed by atoms with van der Waals surface area (Å²) in [6.07, 6.45) is -5.50. The Hall–Kier alpha value is -1.31. The van der Waals surface area contributed by atoms with Crippen molar-refractivity contribution in [3.8, 4) is 0 Å². The average Bonchev–Trinajstić information content (AvgIpc) is 2.74. The Morgan fingerprint density at radius 1 is 1.40 bits per heavy atom. The Labute approximate surface area is 114 Å². The number of hydrogen-bond acceptors (Lipinski definition) is 3. The summed E-state index contributed by atoms with van der Waals surface area (Å²) < 4.78 is 39.0. The molecule has 116 valence electrons. The van der Waals surface area contributed by atoms with E-state index in [1.807, 2.05) is 0 Å². The zero-order valence-electron chi connectivity index (χ0n) is 11.4. The van der Waals surface area contributed by atoms with Gasteiger partial charge in [0, 0.05) is 19.6 Å². The molecule has 1 amide bonds. The Bertz CT molecular complexity index is 398. The summed E-state index contributed by atoms with van der Waals surface area (Å²) in [5.41, 5.74) is 2.61. The predicted octanol–water partition coefficient (Wildman–Crippen LogP) is 1.08. The largest absolute Gasteiger partial charge is 0.481 e. The molecule has 3 N–H and O–H groups in total. The molecule has 1 fully saturated rings. The quantitative estimate of drug-likeness (QED) is 0.813. The van der Waals surface area contributed by atoms with Crippen LogP contribution in [0.25, 0.3) is 0 Å². The number of nitrogens with zero attached hydrogens (tertiary/aromatic N) is 1. The van der Waals surface area contributed by atoms with Gasteiger partial charge in [0.2, 0.25) is 5.91 Å². The second-order valence-electron chi connectivity index (χ2n) is 5.48. The van der Waals surface area contributed by atoms with Crippen LogP contribution in [0.15, 0.2) is 0 Å². The minimum atomic E-state index is -4.89. The number of halogens is 3. The summed E-state index contributed by atoms with van der Waals surface area (Å²) in [5, 5.41) is 8.92.